The van der Waals surface area contributed by atoms with Crippen molar-refractivity contribution < 1.29 is 0 Å². The second-order valence-corrected chi connectivity index (χ2v) is 5.82. The number of nitrogens with zero attached hydrogens (tertiary/aromatic N) is 5. The van der Waals surface area contributed by atoms with Crippen LogP contribution in [0.4, 0.5) is 0 Å². The van der Waals surface area contributed by atoms with Crippen LogP contribution in [0.5, 0.6) is 0 Å². The molecular formula is C15H25N5. The highest BCUT2D eigenvalue weighted by molar-refractivity contribution is 5.07. The van der Waals surface area contributed by atoms with Gasteiger partial charge in [0.05, 0.1) is 24.7 Å². The van der Waals surface area contributed by atoms with E-state index in [-0.39, 0.29) is 0 Å². The normalized spacial score (nSPS) is 11.8. The molecule has 2 aromatic rings. The summed E-state index contributed by atoms with van der Waals surface area (Å²) in [6.45, 7) is 14.2. The third-order valence-corrected chi connectivity index (χ3v) is 3.57. The minimum atomic E-state index is 0.433. The van der Waals surface area contributed by atoms with E-state index in [1.165, 1.54) is 11.4 Å². The van der Waals surface area contributed by atoms with Gasteiger partial charge in [-0.25, -0.2) is 0 Å². The number of hydrogen-bond donors (Lipinski definition) is 0. The van der Waals surface area contributed by atoms with E-state index in [4.69, 9.17) is 0 Å². The highest BCUT2D eigenvalue weighted by atomic mass is 15.4. The fourth-order valence-electron chi connectivity index (χ4n) is 2.35. The van der Waals surface area contributed by atoms with Gasteiger partial charge in [-0.15, -0.1) is 0 Å². The molecule has 0 N–H and O–H groups in total. The van der Waals surface area contributed by atoms with Crippen LogP contribution in [-0.2, 0) is 13.3 Å². The molecule has 0 saturated carbocycles. The molecule has 0 aliphatic heterocycles. The van der Waals surface area contributed by atoms with E-state index in [1.54, 1.807) is 0 Å². The third-order valence-electron chi connectivity index (χ3n) is 3.57. The monoisotopic (exact) mass is 275 g/mol. The van der Waals surface area contributed by atoms with Gasteiger partial charge >= 0.3 is 0 Å². The average Bonchev–Trinajstić information content (AvgIpc) is 2.81. The highest BCUT2D eigenvalue weighted by Crippen LogP contribution is 2.10. The van der Waals surface area contributed by atoms with Crippen molar-refractivity contribution in [3.63, 3.8) is 0 Å². The first-order valence-corrected chi connectivity index (χ1v) is 7.13. The molecule has 110 valence electrons. The quantitative estimate of drug-likeness (QED) is 0.842. The number of aromatic nitrogens is 4. The Bertz CT molecular complexity index is 531. The third kappa shape index (κ3) is 3.28. The second kappa shape index (κ2) is 5.79. The van der Waals surface area contributed by atoms with E-state index >= 15 is 0 Å². The van der Waals surface area contributed by atoms with Crippen molar-refractivity contribution in [2.24, 2.45) is 0 Å². The Balaban J connectivity index is 2.15. The van der Waals surface area contributed by atoms with E-state index < -0.39 is 0 Å². The first-order valence-electron chi connectivity index (χ1n) is 7.13. The number of hydrogen-bond acceptors (Lipinski definition) is 3. The molecule has 0 radical (unpaired) electrons. The van der Waals surface area contributed by atoms with Crippen LogP contribution in [0, 0.1) is 27.7 Å². The number of rotatable bonds is 5. The van der Waals surface area contributed by atoms with Crippen LogP contribution in [0.15, 0.2) is 12.1 Å². The molecule has 0 aliphatic carbocycles. The van der Waals surface area contributed by atoms with Gasteiger partial charge in [0.25, 0.3) is 0 Å². The second-order valence-electron chi connectivity index (χ2n) is 5.82. The maximum atomic E-state index is 4.55. The minimum Gasteiger partial charge on any atom is -0.262 e. The number of aryl methyl sites for hydroxylation is 4. The van der Waals surface area contributed by atoms with Crippen molar-refractivity contribution in [1.82, 2.24) is 24.5 Å². The summed E-state index contributed by atoms with van der Waals surface area (Å²) in [5.41, 5.74) is 4.53. The van der Waals surface area contributed by atoms with Crippen molar-refractivity contribution >= 4 is 0 Å². The maximum absolute atomic E-state index is 4.55. The summed E-state index contributed by atoms with van der Waals surface area (Å²) >= 11 is 0. The Morgan fingerprint density at radius 3 is 1.55 bits per heavy atom. The average molecular weight is 275 g/mol. The van der Waals surface area contributed by atoms with Gasteiger partial charge in [0.15, 0.2) is 0 Å². The van der Waals surface area contributed by atoms with Gasteiger partial charge in [-0.05, 0) is 53.7 Å². The summed E-state index contributed by atoms with van der Waals surface area (Å²) in [7, 11) is 0. The molecule has 2 aromatic heterocycles. The van der Waals surface area contributed by atoms with Gasteiger partial charge in [-0.1, -0.05) is 0 Å². The molecule has 0 unspecified atom stereocenters. The Labute approximate surface area is 121 Å². The smallest absolute Gasteiger partial charge is 0.0948 e. The van der Waals surface area contributed by atoms with Crippen molar-refractivity contribution in [3.05, 3.63) is 34.9 Å². The molecule has 2 heterocycles. The summed E-state index contributed by atoms with van der Waals surface area (Å²) in [6, 6.07) is 4.66. The van der Waals surface area contributed by atoms with Gasteiger partial charge < -0.3 is 0 Å². The molecule has 0 aromatic carbocycles. The van der Waals surface area contributed by atoms with E-state index in [0.717, 1.165) is 24.7 Å². The van der Waals surface area contributed by atoms with Crippen LogP contribution in [0.2, 0.25) is 0 Å². The van der Waals surface area contributed by atoms with Crippen molar-refractivity contribution in [2.75, 3.05) is 0 Å². The molecule has 0 atom stereocenters. The fraction of sp³-hybridized carbons (Fsp3) is 0.600. The van der Waals surface area contributed by atoms with E-state index in [2.05, 4.69) is 64.3 Å². The first-order chi connectivity index (χ1) is 9.36. The zero-order valence-electron chi connectivity index (χ0n) is 13.4. The van der Waals surface area contributed by atoms with Gasteiger partial charge in [-0.2, -0.15) is 10.2 Å². The Morgan fingerprint density at radius 2 is 1.30 bits per heavy atom. The SMILES string of the molecule is Cc1cc(C)n(CN(Cn2nc(C)cc2C)C(C)C)n1. The van der Waals surface area contributed by atoms with E-state index in [9.17, 15) is 0 Å². The van der Waals surface area contributed by atoms with E-state index in [0.29, 0.717) is 6.04 Å². The lowest BCUT2D eigenvalue weighted by Gasteiger charge is -2.27. The van der Waals surface area contributed by atoms with Crippen molar-refractivity contribution in [2.45, 2.75) is 60.9 Å². The fourth-order valence-corrected chi connectivity index (χ4v) is 2.35. The zero-order chi connectivity index (χ0) is 14.9. The molecule has 0 aliphatic rings. The lowest BCUT2D eigenvalue weighted by molar-refractivity contribution is 0.112. The lowest BCUT2D eigenvalue weighted by Crippen LogP contribution is -2.36. The predicted molar refractivity (Wildman–Crippen MR) is 80.4 cm³/mol. The molecule has 0 saturated heterocycles. The molecule has 20 heavy (non-hydrogen) atoms. The van der Waals surface area contributed by atoms with Crippen molar-refractivity contribution in [3.8, 4) is 0 Å². The minimum absolute atomic E-state index is 0.433. The van der Waals surface area contributed by atoms with Crippen LogP contribution >= 0.6 is 0 Å². The van der Waals surface area contributed by atoms with Gasteiger partial charge in [0, 0.05) is 17.4 Å². The first kappa shape index (κ1) is 14.8. The largest absolute Gasteiger partial charge is 0.262 e. The highest BCUT2D eigenvalue weighted by Gasteiger charge is 2.14. The van der Waals surface area contributed by atoms with Crippen LogP contribution in [-0.4, -0.2) is 30.5 Å². The van der Waals surface area contributed by atoms with Crippen LogP contribution in [0.1, 0.15) is 36.6 Å². The molecule has 5 heteroatoms. The topological polar surface area (TPSA) is 38.9 Å². The summed E-state index contributed by atoms with van der Waals surface area (Å²) in [5.74, 6) is 0. The lowest BCUT2D eigenvalue weighted by atomic mass is 10.3. The van der Waals surface area contributed by atoms with Crippen LogP contribution in [0.25, 0.3) is 0 Å². The standard InChI is InChI=1S/C15H25N5/c1-11(2)18(9-19-14(5)7-12(3)16-19)10-20-15(6)8-13(4)17-20/h7-8,11H,9-10H2,1-6H3. The Kier molecular flexibility index (Phi) is 4.28. The summed E-state index contributed by atoms with van der Waals surface area (Å²) < 4.78 is 4.11. The molecule has 5 nitrogen and oxygen atoms in total. The molecule has 2 rings (SSSR count). The zero-order valence-corrected chi connectivity index (χ0v) is 13.4. The molecule has 0 fully saturated rings. The van der Waals surface area contributed by atoms with Gasteiger partial charge in [-0.3, -0.25) is 14.3 Å². The maximum Gasteiger partial charge on any atom is 0.0948 e. The summed E-state index contributed by atoms with van der Waals surface area (Å²) in [5, 5.41) is 9.09. The van der Waals surface area contributed by atoms with Gasteiger partial charge in [0.1, 0.15) is 0 Å². The van der Waals surface area contributed by atoms with Crippen molar-refractivity contribution in [1.29, 1.82) is 0 Å². The summed E-state index contributed by atoms with van der Waals surface area (Å²) in [6.07, 6.45) is 0. The molecular weight excluding hydrogens is 250 g/mol. The Morgan fingerprint density at radius 1 is 0.900 bits per heavy atom. The molecule has 0 spiro atoms. The molecule has 0 bridgehead atoms. The Hall–Kier alpha value is -1.62. The van der Waals surface area contributed by atoms with E-state index in [1.807, 2.05) is 13.8 Å². The predicted octanol–water partition coefficient (Wildman–Crippen LogP) is 2.64. The molecule has 0 amide bonds. The summed E-state index contributed by atoms with van der Waals surface area (Å²) in [4.78, 5) is 2.36. The van der Waals surface area contributed by atoms with Crippen LogP contribution < -0.4 is 0 Å². The van der Waals surface area contributed by atoms with Crippen LogP contribution in [0.3, 0.4) is 0 Å². The van der Waals surface area contributed by atoms with Gasteiger partial charge in [0.2, 0.25) is 0 Å².